The molecule has 0 atom stereocenters. The van der Waals surface area contributed by atoms with Gasteiger partial charge in [-0.2, -0.15) is 13.2 Å². The number of benzene rings is 1. The summed E-state index contributed by atoms with van der Waals surface area (Å²) in [5, 5.41) is 9.73. The number of aryl methyl sites for hydroxylation is 1. The molecule has 0 unspecified atom stereocenters. The van der Waals surface area contributed by atoms with E-state index in [0.717, 1.165) is 12.1 Å². The van der Waals surface area contributed by atoms with E-state index in [-0.39, 0.29) is 12.2 Å². The molecule has 1 N–H and O–H groups in total. The van der Waals surface area contributed by atoms with Crippen LogP contribution in [0.2, 0.25) is 0 Å². The summed E-state index contributed by atoms with van der Waals surface area (Å²) in [6, 6.07) is 1.94. The third-order valence-corrected chi connectivity index (χ3v) is 2.43. The topological polar surface area (TPSA) is 46.5 Å². The summed E-state index contributed by atoms with van der Waals surface area (Å²) < 4.78 is 42.8. The van der Waals surface area contributed by atoms with Gasteiger partial charge >= 0.3 is 12.1 Å². The molecule has 100 valence electrons. The number of phenolic OH excluding ortho intramolecular Hbond substituents is 1. The van der Waals surface area contributed by atoms with Crippen molar-refractivity contribution in [2.24, 2.45) is 0 Å². The minimum absolute atomic E-state index is 0.0636. The van der Waals surface area contributed by atoms with Crippen molar-refractivity contribution in [2.75, 3.05) is 6.61 Å². The largest absolute Gasteiger partial charge is 0.507 e. The molecule has 0 saturated heterocycles. The molecule has 0 aliphatic heterocycles. The average molecular weight is 262 g/mol. The highest BCUT2D eigenvalue weighted by Gasteiger charge is 2.37. The van der Waals surface area contributed by atoms with Gasteiger partial charge in [0.15, 0.2) is 0 Å². The van der Waals surface area contributed by atoms with Crippen LogP contribution in [0.4, 0.5) is 13.2 Å². The first-order chi connectivity index (χ1) is 8.32. The first-order valence-corrected chi connectivity index (χ1v) is 5.42. The van der Waals surface area contributed by atoms with Crippen LogP contribution in [0.15, 0.2) is 12.1 Å². The fraction of sp³-hybridized carbons (Fsp3) is 0.417. The lowest BCUT2D eigenvalue weighted by molar-refractivity contribution is -0.138. The molecule has 0 amide bonds. The summed E-state index contributed by atoms with van der Waals surface area (Å²) in [4.78, 5) is 11.5. The molecule has 0 bridgehead atoms. The van der Waals surface area contributed by atoms with Crippen LogP contribution in [-0.4, -0.2) is 17.7 Å². The smallest absolute Gasteiger partial charge is 0.417 e. The highest BCUT2D eigenvalue weighted by molar-refractivity contribution is 5.94. The molecule has 0 fully saturated rings. The molecule has 0 aliphatic carbocycles. The molecule has 6 heteroatoms. The van der Waals surface area contributed by atoms with Crippen LogP contribution in [0.1, 0.15) is 35.3 Å². The molecular formula is C12H13F3O3. The molecule has 0 aromatic heterocycles. The monoisotopic (exact) mass is 262 g/mol. The van der Waals surface area contributed by atoms with Gasteiger partial charge in [0.2, 0.25) is 0 Å². The highest BCUT2D eigenvalue weighted by atomic mass is 19.4. The van der Waals surface area contributed by atoms with Gasteiger partial charge in [0, 0.05) is 0 Å². The quantitative estimate of drug-likeness (QED) is 0.851. The molecule has 1 rings (SSSR count). The predicted molar refractivity (Wildman–Crippen MR) is 58.4 cm³/mol. The van der Waals surface area contributed by atoms with Crippen molar-refractivity contribution in [1.82, 2.24) is 0 Å². The van der Waals surface area contributed by atoms with E-state index in [1.54, 1.807) is 6.92 Å². The highest BCUT2D eigenvalue weighted by Crippen LogP contribution is 2.37. The second-order valence-electron chi connectivity index (χ2n) is 3.57. The van der Waals surface area contributed by atoms with Gasteiger partial charge in [0.1, 0.15) is 11.3 Å². The summed E-state index contributed by atoms with van der Waals surface area (Å²) in [7, 11) is 0. The number of aromatic hydroxyl groups is 1. The molecule has 0 heterocycles. The number of hydrogen-bond acceptors (Lipinski definition) is 3. The van der Waals surface area contributed by atoms with E-state index in [1.807, 2.05) is 0 Å². The number of phenols is 1. The summed E-state index contributed by atoms with van der Waals surface area (Å²) >= 11 is 0. The van der Waals surface area contributed by atoms with Crippen LogP contribution >= 0.6 is 0 Å². The fourth-order valence-electron chi connectivity index (χ4n) is 1.57. The van der Waals surface area contributed by atoms with Crippen molar-refractivity contribution in [3.05, 3.63) is 28.8 Å². The standard InChI is InChI=1S/C12H13F3O3/c1-3-7-5-6-8(12(13,14)15)9(10(7)16)11(17)18-4-2/h5-6,16H,3-4H2,1-2H3. The van der Waals surface area contributed by atoms with E-state index in [9.17, 15) is 23.1 Å². The van der Waals surface area contributed by atoms with Gasteiger partial charge in [-0.05, 0) is 25.0 Å². The Morgan fingerprint density at radius 2 is 1.94 bits per heavy atom. The number of rotatable bonds is 3. The minimum atomic E-state index is -4.72. The first kappa shape index (κ1) is 14.3. The van der Waals surface area contributed by atoms with Crippen molar-refractivity contribution >= 4 is 5.97 Å². The van der Waals surface area contributed by atoms with Crippen molar-refractivity contribution in [1.29, 1.82) is 0 Å². The van der Waals surface area contributed by atoms with Crippen LogP contribution in [0.3, 0.4) is 0 Å². The molecule has 3 nitrogen and oxygen atoms in total. The fourth-order valence-corrected chi connectivity index (χ4v) is 1.57. The van der Waals surface area contributed by atoms with Crippen molar-refractivity contribution in [3.8, 4) is 5.75 Å². The minimum Gasteiger partial charge on any atom is -0.507 e. The van der Waals surface area contributed by atoms with E-state index in [2.05, 4.69) is 4.74 Å². The van der Waals surface area contributed by atoms with Gasteiger partial charge in [0.05, 0.1) is 12.2 Å². The van der Waals surface area contributed by atoms with E-state index in [4.69, 9.17) is 0 Å². The zero-order valence-electron chi connectivity index (χ0n) is 9.97. The number of carbonyl (C=O) groups is 1. The SMILES string of the molecule is CCOC(=O)c1c(C(F)(F)F)ccc(CC)c1O. The van der Waals surface area contributed by atoms with Gasteiger partial charge in [-0.3, -0.25) is 0 Å². The molecular weight excluding hydrogens is 249 g/mol. The zero-order valence-corrected chi connectivity index (χ0v) is 9.97. The first-order valence-electron chi connectivity index (χ1n) is 5.42. The number of esters is 1. The van der Waals surface area contributed by atoms with Gasteiger partial charge < -0.3 is 9.84 Å². The number of alkyl halides is 3. The lowest BCUT2D eigenvalue weighted by Crippen LogP contribution is -2.16. The van der Waals surface area contributed by atoms with Crippen molar-refractivity contribution in [3.63, 3.8) is 0 Å². The maximum absolute atomic E-state index is 12.7. The molecule has 0 saturated carbocycles. The third-order valence-electron chi connectivity index (χ3n) is 2.43. The molecule has 0 spiro atoms. The van der Waals surface area contributed by atoms with Crippen LogP contribution in [0.5, 0.6) is 5.75 Å². The zero-order chi connectivity index (χ0) is 13.9. The summed E-state index contributed by atoms with van der Waals surface area (Å²) in [6.07, 6.45) is -4.40. The van der Waals surface area contributed by atoms with Crippen molar-refractivity contribution < 1.29 is 27.8 Å². The predicted octanol–water partition coefficient (Wildman–Crippen LogP) is 3.15. The molecule has 0 aliphatic rings. The maximum atomic E-state index is 12.7. The molecule has 18 heavy (non-hydrogen) atoms. The average Bonchev–Trinajstić information content (AvgIpc) is 2.27. The van der Waals surface area contributed by atoms with Crippen LogP contribution in [0.25, 0.3) is 0 Å². The maximum Gasteiger partial charge on any atom is 0.417 e. The van der Waals surface area contributed by atoms with E-state index >= 15 is 0 Å². The number of carbonyl (C=O) groups excluding carboxylic acids is 1. The Balaban J connectivity index is 3.45. The molecule has 1 aromatic carbocycles. The molecule has 0 radical (unpaired) electrons. The molecule has 1 aromatic rings. The van der Waals surface area contributed by atoms with Gasteiger partial charge in [-0.15, -0.1) is 0 Å². The van der Waals surface area contributed by atoms with Crippen molar-refractivity contribution in [2.45, 2.75) is 26.4 Å². The Kier molecular flexibility index (Phi) is 4.21. The second-order valence-corrected chi connectivity index (χ2v) is 3.57. The van der Waals surface area contributed by atoms with Gasteiger partial charge in [0.25, 0.3) is 0 Å². The summed E-state index contributed by atoms with van der Waals surface area (Å²) in [6.45, 7) is 3.08. The Bertz CT molecular complexity index is 453. The van der Waals surface area contributed by atoms with Crippen LogP contribution < -0.4 is 0 Å². The van der Waals surface area contributed by atoms with Crippen LogP contribution in [-0.2, 0) is 17.3 Å². The number of halogens is 3. The second kappa shape index (κ2) is 5.29. The normalized spacial score (nSPS) is 11.4. The Morgan fingerprint density at radius 1 is 1.33 bits per heavy atom. The Labute approximate surface area is 102 Å². The van der Waals surface area contributed by atoms with E-state index in [1.165, 1.54) is 6.92 Å². The lowest BCUT2D eigenvalue weighted by atomic mass is 10.0. The van der Waals surface area contributed by atoms with Crippen LogP contribution in [0, 0.1) is 0 Å². The third kappa shape index (κ3) is 2.75. The van der Waals surface area contributed by atoms with E-state index in [0.29, 0.717) is 6.42 Å². The van der Waals surface area contributed by atoms with Gasteiger partial charge in [-0.25, -0.2) is 4.79 Å². The number of ether oxygens (including phenoxy) is 1. The summed E-state index contributed by atoms with van der Waals surface area (Å²) in [5.41, 5.74) is -1.73. The lowest BCUT2D eigenvalue weighted by Gasteiger charge is -2.15. The Morgan fingerprint density at radius 3 is 2.39 bits per heavy atom. The Hall–Kier alpha value is -1.72. The van der Waals surface area contributed by atoms with E-state index < -0.39 is 29.0 Å². The summed E-state index contributed by atoms with van der Waals surface area (Å²) in [5.74, 6) is -1.83. The van der Waals surface area contributed by atoms with Gasteiger partial charge in [-0.1, -0.05) is 13.0 Å². The number of hydrogen-bond donors (Lipinski definition) is 1.